The number of nitrogens with zero attached hydrogens (tertiary/aromatic N) is 6. The van der Waals surface area contributed by atoms with Gasteiger partial charge in [0.15, 0.2) is 11.5 Å². The molecule has 4 heterocycles. The van der Waals surface area contributed by atoms with Crippen molar-refractivity contribution < 1.29 is 9.18 Å². The minimum Gasteiger partial charge on any atom is -0.365 e. The number of pyridine rings is 2. The molecule has 0 bridgehead atoms. The normalized spacial score (nSPS) is 10.7. The molecule has 11 heteroatoms. The summed E-state index contributed by atoms with van der Waals surface area (Å²) in [5, 5.41) is 22.8. The van der Waals surface area contributed by atoms with Crippen LogP contribution in [0.5, 0.6) is 0 Å². The van der Waals surface area contributed by atoms with E-state index in [1.165, 1.54) is 24.4 Å². The van der Waals surface area contributed by atoms with E-state index in [1.54, 1.807) is 36.9 Å². The van der Waals surface area contributed by atoms with Crippen molar-refractivity contribution in [3.63, 3.8) is 0 Å². The monoisotopic (exact) mass is 493 g/mol. The van der Waals surface area contributed by atoms with E-state index in [2.05, 4.69) is 40.8 Å². The molecule has 37 heavy (non-hydrogen) atoms. The predicted molar refractivity (Wildman–Crippen MR) is 134 cm³/mol. The Morgan fingerprint density at radius 2 is 1.78 bits per heavy atom. The molecule has 0 saturated heterocycles. The lowest BCUT2D eigenvalue weighted by atomic mass is 10.1. The Kier molecular flexibility index (Phi) is 6.72. The van der Waals surface area contributed by atoms with Crippen LogP contribution in [0.4, 0.5) is 10.2 Å². The number of carbonyl (C=O) groups excluding carboxylic acids is 1. The highest BCUT2D eigenvalue weighted by molar-refractivity contribution is 5.99. The predicted octanol–water partition coefficient (Wildman–Crippen LogP) is 3.41. The van der Waals surface area contributed by atoms with Gasteiger partial charge in [0, 0.05) is 54.4 Å². The van der Waals surface area contributed by atoms with Crippen molar-refractivity contribution in [2.75, 3.05) is 11.9 Å². The van der Waals surface area contributed by atoms with E-state index in [9.17, 15) is 14.4 Å². The van der Waals surface area contributed by atoms with Crippen LogP contribution in [0.1, 0.15) is 27.0 Å². The largest absolute Gasteiger partial charge is 0.365 e. The summed E-state index contributed by atoms with van der Waals surface area (Å²) in [4.78, 5) is 30.3. The number of rotatable bonds is 8. The van der Waals surface area contributed by atoms with Crippen molar-refractivity contribution in [1.82, 2.24) is 35.5 Å². The summed E-state index contributed by atoms with van der Waals surface area (Å²) >= 11 is 0. The molecule has 0 unspecified atom stereocenters. The number of fused-ring (bicyclic) bond motifs is 1. The molecule has 1 amide bonds. The zero-order valence-corrected chi connectivity index (χ0v) is 19.4. The maximum absolute atomic E-state index is 13.1. The molecule has 0 aliphatic carbocycles. The molecule has 0 saturated carbocycles. The second kappa shape index (κ2) is 10.6. The fourth-order valence-electron chi connectivity index (χ4n) is 3.65. The van der Waals surface area contributed by atoms with Crippen molar-refractivity contribution in [3.05, 3.63) is 95.5 Å². The highest BCUT2D eigenvalue weighted by Crippen LogP contribution is 2.19. The molecule has 1 aromatic carbocycles. The highest BCUT2D eigenvalue weighted by atomic mass is 19.1. The first-order valence-corrected chi connectivity index (χ1v) is 11.4. The highest BCUT2D eigenvalue weighted by Gasteiger charge is 2.14. The van der Waals surface area contributed by atoms with Crippen LogP contribution in [0.15, 0.2) is 67.4 Å². The number of aromatic nitrogens is 6. The molecule has 0 aliphatic rings. The average molecular weight is 494 g/mol. The van der Waals surface area contributed by atoms with Crippen LogP contribution >= 0.6 is 0 Å². The molecular formula is C26H20FN9O. The van der Waals surface area contributed by atoms with Crippen molar-refractivity contribution >= 4 is 22.8 Å². The van der Waals surface area contributed by atoms with E-state index in [4.69, 9.17) is 0 Å². The van der Waals surface area contributed by atoms with Crippen molar-refractivity contribution in [3.8, 4) is 17.5 Å². The van der Waals surface area contributed by atoms with Gasteiger partial charge < -0.3 is 10.6 Å². The Bertz CT molecular complexity index is 1590. The Morgan fingerprint density at radius 3 is 2.57 bits per heavy atom. The molecule has 0 aliphatic heterocycles. The van der Waals surface area contributed by atoms with E-state index < -0.39 is 0 Å². The van der Waals surface area contributed by atoms with E-state index in [-0.39, 0.29) is 22.9 Å². The second-order valence-electron chi connectivity index (χ2n) is 8.16. The quantitative estimate of drug-likeness (QED) is 0.298. The topological polar surface area (TPSA) is 145 Å². The van der Waals surface area contributed by atoms with Gasteiger partial charge in [-0.2, -0.15) is 10.4 Å². The minimum absolute atomic E-state index is 0.246. The molecule has 10 nitrogen and oxygen atoms in total. The number of nitriles is 1. The van der Waals surface area contributed by atoms with Crippen molar-refractivity contribution in [2.45, 2.75) is 13.0 Å². The molecule has 182 valence electrons. The summed E-state index contributed by atoms with van der Waals surface area (Å²) in [7, 11) is 0. The number of hydrogen-bond acceptors (Lipinski definition) is 8. The molecule has 5 rings (SSSR count). The van der Waals surface area contributed by atoms with E-state index in [0.717, 1.165) is 22.1 Å². The van der Waals surface area contributed by atoms with Gasteiger partial charge >= 0.3 is 0 Å². The number of H-pyrrole nitrogens is 1. The van der Waals surface area contributed by atoms with Gasteiger partial charge in [-0.25, -0.2) is 24.3 Å². The Balaban J connectivity index is 1.24. The summed E-state index contributed by atoms with van der Waals surface area (Å²) < 4.78 is 13.1. The van der Waals surface area contributed by atoms with Gasteiger partial charge in [0.25, 0.3) is 5.91 Å². The van der Waals surface area contributed by atoms with E-state index in [1.807, 2.05) is 12.1 Å². The maximum atomic E-state index is 13.1. The Labute approximate surface area is 210 Å². The Hall–Kier alpha value is -5.24. The van der Waals surface area contributed by atoms with Crippen LogP contribution in [-0.4, -0.2) is 42.6 Å². The molecule has 0 atom stereocenters. The van der Waals surface area contributed by atoms with Crippen LogP contribution in [0.2, 0.25) is 0 Å². The number of aromatic amines is 1. The summed E-state index contributed by atoms with van der Waals surface area (Å²) in [6.07, 6.45) is 8.66. The number of carbonyl (C=O) groups is 1. The lowest BCUT2D eigenvalue weighted by Gasteiger charge is -2.12. The maximum Gasteiger partial charge on any atom is 0.255 e. The molecule has 0 radical (unpaired) electrons. The minimum atomic E-state index is -0.372. The van der Waals surface area contributed by atoms with Gasteiger partial charge in [-0.3, -0.25) is 9.89 Å². The third kappa shape index (κ3) is 5.54. The van der Waals surface area contributed by atoms with Crippen LogP contribution in [-0.2, 0) is 13.0 Å². The SMILES string of the molecule is N#Cc1cnc(NCc2cnc(-c3cnc4[nH]ncc4c3)nc2)c(C(=O)NCCc2ccc(F)cc2)c1. The molecular weight excluding hydrogens is 473 g/mol. The number of amides is 1. The van der Waals surface area contributed by atoms with Crippen LogP contribution in [0.25, 0.3) is 22.4 Å². The standard InChI is InChI=1S/C26H20FN9O/c27-21-3-1-16(2-4-21)5-6-29-26(37)22-7-17(9-28)10-32-25(22)33-13-18-11-30-23(31-12-18)19-8-20-15-35-36-24(20)34-14-19/h1-4,7-8,10-12,14-15H,5-6,13H2,(H,29,37)(H,32,33)(H,34,35,36). The summed E-state index contributed by atoms with van der Waals surface area (Å²) in [5.41, 5.74) is 3.64. The second-order valence-corrected chi connectivity index (χ2v) is 8.16. The zero-order chi connectivity index (χ0) is 25.6. The van der Waals surface area contributed by atoms with Gasteiger partial charge in [-0.05, 0) is 36.2 Å². The van der Waals surface area contributed by atoms with Crippen molar-refractivity contribution in [1.29, 1.82) is 5.26 Å². The first-order chi connectivity index (χ1) is 18.1. The third-order valence-corrected chi connectivity index (χ3v) is 5.59. The van der Waals surface area contributed by atoms with Crippen LogP contribution < -0.4 is 10.6 Å². The lowest BCUT2D eigenvalue weighted by molar-refractivity contribution is 0.0954. The molecule has 0 fully saturated rings. The number of hydrogen-bond donors (Lipinski definition) is 3. The van der Waals surface area contributed by atoms with Crippen LogP contribution in [0.3, 0.4) is 0 Å². The average Bonchev–Trinajstić information content (AvgIpc) is 3.41. The number of nitrogens with one attached hydrogen (secondary N) is 3. The van der Waals surface area contributed by atoms with Gasteiger partial charge in [-0.15, -0.1) is 0 Å². The first-order valence-electron chi connectivity index (χ1n) is 11.4. The van der Waals surface area contributed by atoms with Crippen LogP contribution in [0, 0.1) is 17.1 Å². The number of anilines is 1. The smallest absolute Gasteiger partial charge is 0.255 e. The first kappa shape index (κ1) is 23.5. The van der Waals surface area contributed by atoms with Gasteiger partial charge in [0.05, 0.1) is 17.3 Å². The lowest BCUT2D eigenvalue weighted by Crippen LogP contribution is -2.27. The van der Waals surface area contributed by atoms with Crippen molar-refractivity contribution in [2.24, 2.45) is 0 Å². The summed E-state index contributed by atoms with van der Waals surface area (Å²) in [5.74, 6) is 0.174. The van der Waals surface area contributed by atoms with Gasteiger partial charge in [0.1, 0.15) is 17.7 Å². The summed E-state index contributed by atoms with van der Waals surface area (Å²) in [6.45, 7) is 0.656. The van der Waals surface area contributed by atoms with E-state index >= 15 is 0 Å². The number of benzene rings is 1. The Morgan fingerprint density at radius 1 is 0.973 bits per heavy atom. The fraction of sp³-hybridized carbons (Fsp3) is 0.115. The van der Waals surface area contributed by atoms with Gasteiger partial charge in [0.2, 0.25) is 0 Å². The molecule has 3 N–H and O–H groups in total. The fourth-order valence-corrected chi connectivity index (χ4v) is 3.65. The summed E-state index contributed by atoms with van der Waals surface area (Å²) in [6, 6.07) is 11.5. The number of halogens is 1. The van der Waals surface area contributed by atoms with Gasteiger partial charge in [-0.1, -0.05) is 12.1 Å². The third-order valence-electron chi connectivity index (χ3n) is 5.59. The molecule has 4 aromatic heterocycles. The molecule has 0 spiro atoms. The zero-order valence-electron chi connectivity index (χ0n) is 19.4. The van der Waals surface area contributed by atoms with E-state index in [0.29, 0.717) is 36.8 Å². The molecule has 5 aromatic rings.